The maximum absolute atomic E-state index is 12.5. The maximum Gasteiger partial charge on any atom is 0.306 e. The Bertz CT molecular complexity index is 1250. The van der Waals surface area contributed by atoms with Crippen LogP contribution in [0.5, 0.6) is 11.5 Å². The molecule has 0 aliphatic heterocycles. The summed E-state index contributed by atoms with van der Waals surface area (Å²) in [5, 5.41) is 16.7. The first-order chi connectivity index (χ1) is 17.9. The lowest BCUT2D eigenvalue weighted by atomic mass is 9.87. The fourth-order valence-corrected chi connectivity index (χ4v) is 4.48. The SMILES string of the molecule is CCOc1ccc2cc(C(=O)NCCNC(=O)c3ccc(O[C@H]4CC[C@@H](C(=O)O)CC4)cc3)ccc2c1. The first kappa shape index (κ1) is 26.0. The normalized spacial score (nSPS) is 17.1. The van der Waals surface area contributed by atoms with Gasteiger partial charge in [-0.05, 0) is 91.9 Å². The lowest BCUT2D eigenvalue weighted by Gasteiger charge is -2.26. The number of aliphatic carboxylic acids is 1. The minimum atomic E-state index is -0.737. The minimum absolute atomic E-state index is 0.00552. The number of amides is 2. The Morgan fingerprint density at radius 1 is 0.784 bits per heavy atom. The Labute approximate surface area is 216 Å². The van der Waals surface area contributed by atoms with Crippen LogP contribution in [0, 0.1) is 5.92 Å². The molecule has 0 spiro atoms. The summed E-state index contributed by atoms with van der Waals surface area (Å²) < 4.78 is 11.5. The standard InChI is InChI=1S/C29H32N2O6/c1-2-36-26-14-9-21-17-23(4-3-22(21)18-26)28(33)31-16-15-30-27(32)19-5-10-24(11-6-19)37-25-12-7-20(8-13-25)29(34)35/h3-6,9-11,14,17-18,20,25H,2,7-8,12-13,15-16H2,1H3,(H,30,32)(H,31,33)(H,34,35)/t20-,25+. The van der Waals surface area contributed by atoms with Gasteiger partial charge in [-0.2, -0.15) is 0 Å². The molecule has 0 aromatic heterocycles. The van der Waals surface area contributed by atoms with Crippen LogP contribution in [-0.4, -0.2) is 48.7 Å². The smallest absolute Gasteiger partial charge is 0.306 e. The van der Waals surface area contributed by atoms with Crippen molar-refractivity contribution in [1.82, 2.24) is 10.6 Å². The molecule has 0 unspecified atom stereocenters. The van der Waals surface area contributed by atoms with Crippen molar-refractivity contribution in [1.29, 1.82) is 0 Å². The zero-order chi connectivity index (χ0) is 26.2. The first-order valence-electron chi connectivity index (χ1n) is 12.7. The summed E-state index contributed by atoms with van der Waals surface area (Å²) in [6.45, 7) is 3.12. The van der Waals surface area contributed by atoms with E-state index in [4.69, 9.17) is 14.6 Å². The number of carboxylic acid groups (broad SMARTS) is 1. The third kappa shape index (κ3) is 7.00. The Balaban J connectivity index is 1.20. The summed E-state index contributed by atoms with van der Waals surface area (Å²) in [7, 11) is 0. The fraction of sp³-hybridized carbons (Fsp3) is 0.345. The number of carbonyl (C=O) groups is 3. The molecule has 3 aromatic rings. The predicted octanol–water partition coefficient (Wildman–Crippen LogP) is 4.42. The van der Waals surface area contributed by atoms with Gasteiger partial charge in [-0.25, -0.2) is 0 Å². The summed E-state index contributed by atoms with van der Waals surface area (Å²) in [5.41, 5.74) is 1.05. The quantitative estimate of drug-likeness (QED) is 0.352. The largest absolute Gasteiger partial charge is 0.494 e. The molecule has 0 radical (unpaired) electrons. The second-order valence-corrected chi connectivity index (χ2v) is 9.12. The number of carbonyl (C=O) groups excluding carboxylic acids is 2. The molecule has 3 aromatic carbocycles. The van der Waals surface area contributed by atoms with Crippen LogP contribution in [-0.2, 0) is 4.79 Å². The van der Waals surface area contributed by atoms with E-state index in [-0.39, 0.29) is 23.8 Å². The van der Waals surface area contributed by atoms with Crippen molar-refractivity contribution in [3.8, 4) is 11.5 Å². The van der Waals surface area contributed by atoms with Gasteiger partial charge >= 0.3 is 5.97 Å². The zero-order valence-electron chi connectivity index (χ0n) is 20.9. The van der Waals surface area contributed by atoms with Crippen molar-refractivity contribution in [2.45, 2.75) is 38.7 Å². The van der Waals surface area contributed by atoms with Gasteiger partial charge in [-0.3, -0.25) is 14.4 Å². The Morgan fingerprint density at radius 2 is 1.35 bits per heavy atom. The molecule has 1 aliphatic rings. The average Bonchev–Trinajstić information content (AvgIpc) is 2.91. The molecular weight excluding hydrogens is 472 g/mol. The minimum Gasteiger partial charge on any atom is -0.494 e. The summed E-state index contributed by atoms with van der Waals surface area (Å²) in [6, 6.07) is 18.1. The highest BCUT2D eigenvalue weighted by molar-refractivity contribution is 5.99. The Hall–Kier alpha value is -4.07. The van der Waals surface area contributed by atoms with Gasteiger partial charge in [0.1, 0.15) is 11.5 Å². The molecule has 0 saturated heterocycles. The molecule has 1 fully saturated rings. The van der Waals surface area contributed by atoms with Gasteiger partial charge in [0, 0.05) is 24.2 Å². The highest BCUT2D eigenvalue weighted by Gasteiger charge is 2.26. The second kappa shape index (κ2) is 12.3. The van der Waals surface area contributed by atoms with Crippen molar-refractivity contribution < 1.29 is 29.0 Å². The van der Waals surface area contributed by atoms with E-state index >= 15 is 0 Å². The van der Waals surface area contributed by atoms with E-state index in [2.05, 4.69) is 10.6 Å². The molecule has 194 valence electrons. The van der Waals surface area contributed by atoms with Crippen LogP contribution in [0.3, 0.4) is 0 Å². The predicted molar refractivity (Wildman–Crippen MR) is 140 cm³/mol. The second-order valence-electron chi connectivity index (χ2n) is 9.12. The van der Waals surface area contributed by atoms with Gasteiger partial charge in [0.2, 0.25) is 0 Å². The van der Waals surface area contributed by atoms with E-state index in [1.54, 1.807) is 30.3 Å². The van der Waals surface area contributed by atoms with Gasteiger partial charge in [-0.1, -0.05) is 12.1 Å². The lowest BCUT2D eigenvalue weighted by molar-refractivity contribution is -0.143. The highest BCUT2D eigenvalue weighted by atomic mass is 16.5. The van der Waals surface area contributed by atoms with Crippen LogP contribution >= 0.6 is 0 Å². The number of benzene rings is 3. The van der Waals surface area contributed by atoms with Crippen LogP contribution < -0.4 is 20.1 Å². The highest BCUT2D eigenvalue weighted by Crippen LogP contribution is 2.28. The third-order valence-corrected chi connectivity index (χ3v) is 6.52. The molecule has 1 saturated carbocycles. The maximum atomic E-state index is 12.5. The number of nitrogens with one attached hydrogen (secondary N) is 2. The molecule has 0 heterocycles. The molecule has 8 nitrogen and oxygen atoms in total. The van der Waals surface area contributed by atoms with Crippen LogP contribution in [0.2, 0.25) is 0 Å². The molecule has 1 aliphatic carbocycles. The van der Waals surface area contributed by atoms with Gasteiger partial charge in [0.05, 0.1) is 18.6 Å². The monoisotopic (exact) mass is 504 g/mol. The first-order valence-corrected chi connectivity index (χ1v) is 12.7. The van der Waals surface area contributed by atoms with Crippen LogP contribution in [0.25, 0.3) is 10.8 Å². The van der Waals surface area contributed by atoms with Crippen LogP contribution in [0.1, 0.15) is 53.3 Å². The van der Waals surface area contributed by atoms with Gasteiger partial charge in [0.15, 0.2) is 0 Å². The van der Waals surface area contributed by atoms with Crippen LogP contribution in [0.15, 0.2) is 60.7 Å². The summed E-state index contributed by atoms with van der Waals surface area (Å²) in [5.74, 6) is -0.00365. The van der Waals surface area contributed by atoms with Crippen molar-refractivity contribution in [2.24, 2.45) is 5.92 Å². The van der Waals surface area contributed by atoms with Crippen molar-refractivity contribution in [3.05, 3.63) is 71.8 Å². The molecular formula is C29H32N2O6. The molecule has 2 amide bonds. The lowest BCUT2D eigenvalue weighted by Crippen LogP contribution is -2.34. The van der Waals surface area contributed by atoms with E-state index in [1.165, 1.54) is 0 Å². The van der Waals surface area contributed by atoms with E-state index in [0.717, 1.165) is 16.5 Å². The zero-order valence-corrected chi connectivity index (χ0v) is 20.9. The molecule has 4 rings (SSSR count). The Kier molecular flexibility index (Phi) is 8.61. The van der Waals surface area contributed by atoms with Crippen molar-refractivity contribution >= 4 is 28.6 Å². The van der Waals surface area contributed by atoms with E-state index in [0.29, 0.717) is 62.3 Å². The summed E-state index contributed by atoms with van der Waals surface area (Å²) in [6.07, 6.45) is 2.65. The number of fused-ring (bicyclic) bond motifs is 1. The number of carboxylic acids is 1. The molecule has 37 heavy (non-hydrogen) atoms. The topological polar surface area (TPSA) is 114 Å². The number of hydrogen-bond donors (Lipinski definition) is 3. The van der Waals surface area contributed by atoms with Crippen LogP contribution in [0.4, 0.5) is 0 Å². The number of rotatable bonds is 10. The summed E-state index contributed by atoms with van der Waals surface area (Å²) >= 11 is 0. The van der Waals surface area contributed by atoms with Crippen molar-refractivity contribution in [2.75, 3.05) is 19.7 Å². The van der Waals surface area contributed by atoms with E-state index in [1.807, 2.05) is 37.3 Å². The third-order valence-electron chi connectivity index (χ3n) is 6.52. The van der Waals surface area contributed by atoms with E-state index < -0.39 is 5.97 Å². The Morgan fingerprint density at radius 3 is 2.00 bits per heavy atom. The molecule has 3 N–H and O–H groups in total. The number of hydrogen-bond acceptors (Lipinski definition) is 5. The van der Waals surface area contributed by atoms with Gasteiger partial charge in [0.25, 0.3) is 11.8 Å². The molecule has 0 bridgehead atoms. The molecule has 8 heteroatoms. The fourth-order valence-electron chi connectivity index (χ4n) is 4.48. The van der Waals surface area contributed by atoms with Crippen molar-refractivity contribution in [3.63, 3.8) is 0 Å². The van der Waals surface area contributed by atoms with Gasteiger partial charge < -0.3 is 25.2 Å². The average molecular weight is 505 g/mol. The summed E-state index contributed by atoms with van der Waals surface area (Å²) in [4.78, 5) is 36.1. The van der Waals surface area contributed by atoms with Gasteiger partial charge in [-0.15, -0.1) is 0 Å². The number of ether oxygens (including phenoxy) is 2. The van der Waals surface area contributed by atoms with E-state index in [9.17, 15) is 14.4 Å². The molecule has 0 atom stereocenters.